The van der Waals surface area contributed by atoms with Crippen LogP contribution in [0.5, 0.6) is 0 Å². The maximum Gasteiger partial charge on any atom is 0.223 e. The lowest BCUT2D eigenvalue weighted by molar-refractivity contribution is -0.125. The second kappa shape index (κ2) is 9.91. The van der Waals surface area contributed by atoms with Crippen molar-refractivity contribution >= 4 is 18.3 Å². The minimum Gasteiger partial charge on any atom is -0.355 e. The summed E-state index contributed by atoms with van der Waals surface area (Å²) in [7, 11) is 0. The average molecular weight is 249 g/mol. The topological polar surface area (TPSA) is 41.1 Å². The van der Waals surface area contributed by atoms with E-state index >= 15 is 0 Å². The Morgan fingerprint density at radius 3 is 2.31 bits per heavy atom. The Hall–Kier alpha value is -0.280. The van der Waals surface area contributed by atoms with Gasteiger partial charge in [0, 0.05) is 19.0 Å². The van der Waals surface area contributed by atoms with E-state index in [1.165, 1.54) is 25.7 Å². The Bertz CT molecular complexity index is 180. The fraction of sp³-hybridized carbons (Fsp3) is 0.917. The van der Waals surface area contributed by atoms with Crippen LogP contribution in [-0.4, -0.2) is 25.5 Å². The van der Waals surface area contributed by atoms with Crippen LogP contribution in [-0.2, 0) is 4.79 Å². The van der Waals surface area contributed by atoms with E-state index in [2.05, 4.69) is 17.6 Å². The third kappa shape index (κ3) is 6.33. The fourth-order valence-electron chi connectivity index (χ4n) is 2.14. The third-order valence-electron chi connectivity index (χ3n) is 3.08. The molecule has 0 radical (unpaired) electrons. The molecular weight excluding hydrogens is 224 g/mol. The van der Waals surface area contributed by atoms with E-state index < -0.39 is 0 Å². The summed E-state index contributed by atoms with van der Waals surface area (Å²) in [5, 5.41) is 6.22. The number of nitrogens with one attached hydrogen (secondary N) is 2. The predicted octanol–water partition coefficient (Wildman–Crippen LogP) is 2.10. The SMILES string of the molecule is CCNCCNC(=O)C1CCCCCC1.Cl. The van der Waals surface area contributed by atoms with Gasteiger partial charge in [0.25, 0.3) is 0 Å². The van der Waals surface area contributed by atoms with Crippen LogP contribution in [0.25, 0.3) is 0 Å². The molecular formula is C12H25ClN2O. The van der Waals surface area contributed by atoms with E-state index in [1.807, 2.05) is 0 Å². The van der Waals surface area contributed by atoms with Gasteiger partial charge in [-0.05, 0) is 19.4 Å². The van der Waals surface area contributed by atoms with Crippen LogP contribution in [0.1, 0.15) is 45.4 Å². The fourth-order valence-corrected chi connectivity index (χ4v) is 2.14. The van der Waals surface area contributed by atoms with Crippen LogP contribution in [0, 0.1) is 5.92 Å². The van der Waals surface area contributed by atoms with Crippen molar-refractivity contribution in [3.05, 3.63) is 0 Å². The van der Waals surface area contributed by atoms with E-state index in [-0.39, 0.29) is 24.2 Å². The number of halogens is 1. The molecule has 0 aromatic rings. The first-order valence-electron chi connectivity index (χ1n) is 6.33. The summed E-state index contributed by atoms with van der Waals surface area (Å²) < 4.78 is 0. The molecule has 1 aliphatic carbocycles. The lowest BCUT2D eigenvalue weighted by Gasteiger charge is -2.13. The van der Waals surface area contributed by atoms with Gasteiger partial charge in [0.15, 0.2) is 0 Å². The number of likely N-dealkylation sites (N-methyl/N-ethyl adjacent to an activating group) is 1. The molecule has 0 bridgehead atoms. The van der Waals surface area contributed by atoms with Crippen molar-refractivity contribution in [2.75, 3.05) is 19.6 Å². The highest BCUT2D eigenvalue weighted by atomic mass is 35.5. The molecule has 2 N–H and O–H groups in total. The zero-order chi connectivity index (χ0) is 10.9. The van der Waals surface area contributed by atoms with Crippen molar-refractivity contribution in [2.45, 2.75) is 45.4 Å². The lowest BCUT2D eigenvalue weighted by Crippen LogP contribution is -2.35. The summed E-state index contributed by atoms with van der Waals surface area (Å²) in [4.78, 5) is 11.8. The van der Waals surface area contributed by atoms with E-state index in [0.717, 1.165) is 32.5 Å². The van der Waals surface area contributed by atoms with Crippen molar-refractivity contribution < 1.29 is 4.79 Å². The molecule has 0 unspecified atom stereocenters. The van der Waals surface area contributed by atoms with Gasteiger partial charge in [-0.25, -0.2) is 0 Å². The van der Waals surface area contributed by atoms with Crippen LogP contribution in [0.2, 0.25) is 0 Å². The molecule has 1 saturated carbocycles. The Kier molecular flexibility index (Phi) is 9.74. The highest BCUT2D eigenvalue weighted by Crippen LogP contribution is 2.22. The van der Waals surface area contributed by atoms with Crippen molar-refractivity contribution in [1.82, 2.24) is 10.6 Å². The molecule has 0 aliphatic heterocycles. The van der Waals surface area contributed by atoms with Gasteiger partial charge in [0.05, 0.1) is 0 Å². The molecule has 0 heterocycles. The number of carbonyl (C=O) groups excluding carboxylic acids is 1. The standard InChI is InChI=1S/C12H24N2O.ClH/c1-2-13-9-10-14-12(15)11-7-5-3-4-6-8-11;/h11,13H,2-10H2,1H3,(H,14,15);1H. The van der Waals surface area contributed by atoms with Gasteiger partial charge >= 0.3 is 0 Å². The predicted molar refractivity (Wildman–Crippen MR) is 70.0 cm³/mol. The molecule has 16 heavy (non-hydrogen) atoms. The first-order valence-corrected chi connectivity index (χ1v) is 6.33. The largest absolute Gasteiger partial charge is 0.355 e. The zero-order valence-corrected chi connectivity index (χ0v) is 11.1. The molecule has 0 atom stereocenters. The molecule has 0 saturated heterocycles. The van der Waals surface area contributed by atoms with Crippen molar-refractivity contribution in [2.24, 2.45) is 5.92 Å². The number of carbonyl (C=O) groups is 1. The van der Waals surface area contributed by atoms with Crippen LogP contribution in [0.3, 0.4) is 0 Å². The normalized spacial score (nSPS) is 17.3. The van der Waals surface area contributed by atoms with Crippen LogP contribution in [0.4, 0.5) is 0 Å². The van der Waals surface area contributed by atoms with Gasteiger partial charge in [-0.1, -0.05) is 32.6 Å². The molecule has 0 aromatic heterocycles. The maximum absolute atomic E-state index is 11.8. The minimum absolute atomic E-state index is 0. The first kappa shape index (κ1) is 15.7. The Morgan fingerprint density at radius 1 is 1.12 bits per heavy atom. The van der Waals surface area contributed by atoms with Crippen molar-refractivity contribution in [3.8, 4) is 0 Å². The Labute approximate surface area is 105 Å². The Balaban J connectivity index is 0.00000225. The van der Waals surface area contributed by atoms with E-state index in [4.69, 9.17) is 0 Å². The summed E-state index contributed by atoms with van der Waals surface area (Å²) >= 11 is 0. The number of rotatable bonds is 5. The highest BCUT2D eigenvalue weighted by molar-refractivity contribution is 5.85. The maximum atomic E-state index is 11.8. The molecule has 0 aromatic carbocycles. The smallest absolute Gasteiger partial charge is 0.223 e. The van der Waals surface area contributed by atoms with Crippen LogP contribution in [0.15, 0.2) is 0 Å². The summed E-state index contributed by atoms with van der Waals surface area (Å²) in [6.07, 6.45) is 7.25. The minimum atomic E-state index is 0. The van der Waals surface area contributed by atoms with Crippen molar-refractivity contribution in [1.29, 1.82) is 0 Å². The van der Waals surface area contributed by atoms with E-state index in [1.54, 1.807) is 0 Å². The van der Waals surface area contributed by atoms with Gasteiger partial charge in [-0.15, -0.1) is 12.4 Å². The zero-order valence-electron chi connectivity index (χ0n) is 10.3. The van der Waals surface area contributed by atoms with E-state index in [9.17, 15) is 4.79 Å². The summed E-state index contributed by atoms with van der Waals surface area (Å²) in [6, 6.07) is 0. The lowest BCUT2D eigenvalue weighted by atomic mass is 9.99. The highest BCUT2D eigenvalue weighted by Gasteiger charge is 2.19. The number of hydrogen-bond acceptors (Lipinski definition) is 2. The molecule has 0 spiro atoms. The molecule has 1 fully saturated rings. The van der Waals surface area contributed by atoms with Crippen molar-refractivity contribution in [3.63, 3.8) is 0 Å². The quantitative estimate of drug-likeness (QED) is 0.578. The number of amides is 1. The molecule has 4 heteroatoms. The average Bonchev–Trinajstić information content (AvgIpc) is 2.52. The van der Waals surface area contributed by atoms with Gasteiger partial charge in [-0.2, -0.15) is 0 Å². The molecule has 1 aliphatic rings. The third-order valence-corrected chi connectivity index (χ3v) is 3.08. The summed E-state index contributed by atoms with van der Waals surface area (Å²) in [5.74, 6) is 0.559. The molecule has 3 nitrogen and oxygen atoms in total. The van der Waals surface area contributed by atoms with Gasteiger partial charge < -0.3 is 10.6 Å². The first-order chi connectivity index (χ1) is 7.34. The number of hydrogen-bond donors (Lipinski definition) is 2. The molecule has 96 valence electrons. The van der Waals surface area contributed by atoms with E-state index in [0.29, 0.717) is 0 Å². The summed E-state index contributed by atoms with van der Waals surface area (Å²) in [5.41, 5.74) is 0. The van der Waals surface area contributed by atoms with Gasteiger partial charge in [0.1, 0.15) is 0 Å². The summed E-state index contributed by atoms with van der Waals surface area (Å²) in [6.45, 7) is 4.70. The second-order valence-electron chi connectivity index (χ2n) is 4.33. The van der Waals surface area contributed by atoms with Gasteiger partial charge in [-0.3, -0.25) is 4.79 Å². The molecule has 1 amide bonds. The second-order valence-corrected chi connectivity index (χ2v) is 4.33. The van der Waals surface area contributed by atoms with Crippen LogP contribution >= 0.6 is 12.4 Å². The molecule has 1 rings (SSSR count). The van der Waals surface area contributed by atoms with Gasteiger partial charge in [0.2, 0.25) is 5.91 Å². The van der Waals surface area contributed by atoms with Crippen LogP contribution < -0.4 is 10.6 Å². The Morgan fingerprint density at radius 2 is 1.75 bits per heavy atom. The monoisotopic (exact) mass is 248 g/mol.